The molecule has 0 unspecified atom stereocenters. The van der Waals surface area contributed by atoms with Crippen LogP contribution in [0.4, 0.5) is 5.69 Å². The molecule has 0 heterocycles. The van der Waals surface area contributed by atoms with Crippen molar-refractivity contribution >= 4 is 17.7 Å². The second-order valence-electron chi connectivity index (χ2n) is 2.26. The zero-order valence-electron chi connectivity index (χ0n) is 6.84. The number of carbonyl (C=O) groups is 1. The molecule has 4 nitrogen and oxygen atoms in total. The van der Waals surface area contributed by atoms with Gasteiger partial charge in [-0.2, -0.15) is 4.99 Å². The van der Waals surface area contributed by atoms with E-state index in [1.807, 2.05) is 18.2 Å². The second kappa shape index (κ2) is 4.85. The lowest BCUT2D eigenvalue weighted by Crippen LogP contribution is -1.97. The van der Waals surface area contributed by atoms with Gasteiger partial charge >= 0.3 is 5.97 Å². The summed E-state index contributed by atoms with van der Waals surface area (Å²) in [6.07, 6.45) is 0. The molecule has 66 valence electrons. The van der Waals surface area contributed by atoms with Crippen LogP contribution in [0.3, 0.4) is 0 Å². The van der Waals surface area contributed by atoms with E-state index in [4.69, 9.17) is 5.11 Å². The zero-order valence-corrected chi connectivity index (χ0v) is 6.84. The van der Waals surface area contributed by atoms with E-state index in [1.165, 1.54) is 0 Å². The Hall–Kier alpha value is -1.93. The molecule has 0 aliphatic heterocycles. The van der Waals surface area contributed by atoms with E-state index in [1.54, 1.807) is 12.1 Å². The van der Waals surface area contributed by atoms with Gasteiger partial charge in [-0.05, 0) is 12.1 Å². The van der Waals surface area contributed by atoms with Crippen LogP contribution in [0.5, 0.6) is 0 Å². The summed E-state index contributed by atoms with van der Waals surface area (Å²) in [6, 6.07) is 11.4. The highest BCUT2D eigenvalue weighted by molar-refractivity contribution is 5.70. The molecule has 0 aliphatic rings. The summed E-state index contributed by atoms with van der Waals surface area (Å²) < 4.78 is 0. The average Bonchev–Trinajstić information content (AvgIpc) is 2.14. The number of benzene rings is 1. The van der Waals surface area contributed by atoms with Gasteiger partial charge in [-0.15, -0.1) is 0 Å². The first-order valence-electron chi connectivity index (χ1n) is 3.68. The Morgan fingerprint density at radius 1 is 1.38 bits per heavy atom. The van der Waals surface area contributed by atoms with E-state index in [0.717, 1.165) is 0 Å². The van der Waals surface area contributed by atoms with Crippen molar-refractivity contribution in [1.82, 2.24) is 0 Å². The Kier molecular flexibility index (Phi) is 3.42. The average molecular weight is 176 g/mol. The van der Waals surface area contributed by atoms with Crippen LogP contribution < -0.4 is 0 Å². The first-order valence-corrected chi connectivity index (χ1v) is 3.68. The fraction of sp³-hybridized carbons (Fsp3) is 0.111. The standard InChI is InChI=1S/C9H8N2O2/c12-9(13)6-10-7-11-8-4-2-1-3-5-8/h1-5H,6H2,(H,12,13). The van der Waals surface area contributed by atoms with Crippen LogP contribution in [0.2, 0.25) is 0 Å². The highest BCUT2D eigenvalue weighted by atomic mass is 16.4. The zero-order chi connectivity index (χ0) is 9.52. The lowest BCUT2D eigenvalue weighted by molar-refractivity contribution is -0.135. The molecule has 1 aromatic carbocycles. The molecule has 0 saturated heterocycles. The normalized spacial score (nSPS) is 8.62. The van der Waals surface area contributed by atoms with Crippen molar-refractivity contribution < 1.29 is 9.90 Å². The highest BCUT2D eigenvalue weighted by Gasteiger charge is 1.88. The fourth-order valence-electron chi connectivity index (χ4n) is 0.699. The minimum absolute atomic E-state index is 0.295. The van der Waals surface area contributed by atoms with Crippen molar-refractivity contribution in [2.75, 3.05) is 6.54 Å². The SMILES string of the molecule is O=C(O)CN=C=Nc1ccccc1. The van der Waals surface area contributed by atoms with Crippen molar-refractivity contribution in [1.29, 1.82) is 0 Å². The van der Waals surface area contributed by atoms with Gasteiger partial charge in [0.2, 0.25) is 0 Å². The van der Waals surface area contributed by atoms with Crippen molar-refractivity contribution in [3.63, 3.8) is 0 Å². The molecule has 4 heteroatoms. The van der Waals surface area contributed by atoms with Gasteiger partial charge in [0.05, 0.1) is 11.7 Å². The molecule has 1 N–H and O–H groups in total. The second-order valence-corrected chi connectivity index (χ2v) is 2.26. The number of rotatable bonds is 3. The third-order valence-electron chi connectivity index (χ3n) is 1.22. The predicted molar refractivity (Wildman–Crippen MR) is 48.5 cm³/mol. The molecule has 0 atom stereocenters. The number of hydrogen-bond acceptors (Lipinski definition) is 3. The van der Waals surface area contributed by atoms with Crippen LogP contribution >= 0.6 is 0 Å². The molecule has 0 radical (unpaired) electrons. The lowest BCUT2D eigenvalue weighted by atomic mass is 10.3. The minimum Gasteiger partial charge on any atom is -0.480 e. The number of hydrogen-bond donors (Lipinski definition) is 1. The van der Waals surface area contributed by atoms with E-state index in [9.17, 15) is 4.79 Å². The number of para-hydroxylation sites is 1. The molecule has 1 aromatic rings. The molecule has 0 saturated carbocycles. The summed E-state index contributed by atoms with van der Waals surface area (Å²) in [5.74, 6) is -0.990. The van der Waals surface area contributed by atoms with Crippen LogP contribution in [-0.2, 0) is 4.79 Å². The maximum absolute atomic E-state index is 10.0. The Balaban J connectivity index is 2.59. The van der Waals surface area contributed by atoms with Crippen LogP contribution in [0.15, 0.2) is 40.3 Å². The first kappa shape index (κ1) is 9.16. The Bertz CT molecular complexity index is 340. The molecule has 13 heavy (non-hydrogen) atoms. The third kappa shape index (κ3) is 3.84. The van der Waals surface area contributed by atoms with E-state index < -0.39 is 5.97 Å². The third-order valence-corrected chi connectivity index (χ3v) is 1.22. The largest absolute Gasteiger partial charge is 0.480 e. The predicted octanol–water partition coefficient (Wildman–Crippen LogP) is 1.58. The molecular weight excluding hydrogens is 168 g/mol. The lowest BCUT2D eigenvalue weighted by Gasteiger charge is -1.85. The molecule has 1 rings (SSSR count). The summed E-state index contributed by atoms with van der Waals surface area (Å²) in [6.45, 7) is -0.295. The van der Waals surface area contributed by atoms with Crippen molar-refractivity contribution in [3.05, 3.63) is 30.3 Å². The van der Waals surface area contributed by atoms with Gasteiger partial charge in [0, 0.05) is 0 Å². The van der Waals surface area contributed by atoms with Crippen LogP contribution in [0, 0.1) is 0 Å². The maximum atomic E-state index is 10.0. The first-order chi connectivity index (χ1) is 6.29. The van der Waals surface area contributed by atoms with Crippen molar-refractivity contribution in [2.24, 2.45) is 9.98 Å². The number of nitrogens with zero attached hydrogens (tertiary/aromatic N) is 2. The van der Waals surface area contributed by atoms with Gasteiger partial charge in [0.15, 0.2) is 0 Å². The van der Waals surface area contributed by atoms with E-state index in [0.29, 0.717) is 5.69 Å². The fourth-order valence-corrected chi connectivity index (χ4v) is 0.699. The van der Waals surface area contributed by atoms with Gasteiger partial charge < -0.3 is 5.11 Å². The van der Waals surface area contributed by atoms with E-state index in [2.05, 4.69) is 16.0 Å². The summed E-state index contributed by atoms with van der Waals surface area (Å²) in [4.78, 5) is 17.3. The molecule has 0 spiro atoms. The van der Waals surface area contributed by atoms with E-state index >= 15 is 0 Å². The van der Waals surface area contributed by atoms with Crippen LogP contribution in [-0.4, -0.2) is 23.6 Å². The van der Waals surface area contributed by atoms with Crippen LogP contribution in [0.1, 0.15) is 0 Å². The minimum atomic E-state index is -0.990. The number of carboxylic acids is 1. The van der Waals surface area contributed by atoms with Gasteiger partial charge in [0.25, 0.3) is 0 Å². The maximum Gasteiger partial charge on any atom is 0.326 e. The molecule has 0 aromatic heterocycles. The molecule has 0 fully saturated rings. The van der Waals surface area contributed by atoms with Gasteiger partial charge in [-0.1, -0.05) is 18.2 Å². The van der Waals surface area contributed by atoms with Gasteiger partial charge in [0.1, 0.15) is 6.54 Å². The number of carboxylic acid groups (broad SMARTS) is 1. The van der Waals surface area contributed by atoms with Gasteiger partial charge in [-0.3, -0.25) is 4.79 Å². The molecule has 0 bridgehead atoms. The van der Waals surface area contributed by atoms with Gasteiger partial charge in [-0.25, -0.2) is 4.99 Å². The number of aliphatic imine (C=N–C) groups is 2. The summed E-state index contributed by atoms with van der Waals surface area (Å²) in [5.41, 5.74) is 0.705. The van der Waals surface area contributed by atoms with Crippen molar-refractivity contribution in [3.8, 4) is 0 Å². The number of aliphatic carboxylic acids is 1. The molecule has 0 amide bonds. The topological polar surface area (TPSA) is 62.0 Å². The van der Waals surface area contributed by atoms with E-state index in [-0.39, 0.29) is 6.54 Å². The highest BCUT2D eigenvalue weighted by Crippen LogP contribution is 2.07. The summed E-state index contributed by atoms with van der Waals surface area (Å²) in [7, 11) is 0. The Labute approximate surface area is 75.3 Å². The molecule has 0 aliphatic carbocycles. The summed E-state index contributed by atoms with van der Waals surface area (Å²) in [5, 5.41) is 8.24. The molecular formula is C9H8N2O2. The van der Waals surface area contributed by atoms with Crippen molar-refractivity contribution in [2.45, 2.75) is 0 Å². The summed E-state index contributed by atoms with van der Waals surface area (Å²) >= 11 is 0. The Morgan fingerprint density at radius 2 is 2.08 bits per heavy atom. The van der Waals surface area contributed by atoms with Crippen LogP contribution in [0.25, 0.3) is 0 Å². The quantitative estimate of drug-likeness (QED) is 0.710. The smallest absolute Gasteiger partial charge is 0.326 e. The monoisotopic (exact) mass is 176 g/mol. The Morgan fingerprint density at radius 3 is 2.69 bits per heavy atom.